The summed E-state index contributed by atoms with van der Waals surface area (Å²) in [6.07, 6.45) is 4.81. The zero-order valence-corrected chi connectivity index (χ0v) is 12.5. The summed E-state index contributed by atoms with van der Waals surface area (Å²) in [6.45, 7) is 1.97. The van der Waals surface area contributed by atoms with Crippen LogP contribution in [0.5, 0.6) is 0 Å². The van der Waals surface area contributed by atoms with Crippen LogP contribution < -0.4 is 10.3 Å². The van der Waals surface area contributed by atoms with Crippen LogP contribution in [0.2, 0.25) is 0 Å². The van der Waals surface area contributed by atoms with Gasteiger partial charge >= 0.3 is 0 Å². The van der Waals surface area contributed by atoms with Crippen LogP contribution in [0.25, 0.3) is 11.0 Å². The van der Waals surface area contributed by atoms with E-state index < -0.39 is 0 Å². The van der Waals surface area contributed by atoms with Crippen LogP contribution in [-0.4, -0.2) is 29.1 Å². The molecule has 8 nitrogen and oxygen atoms in total. The first kappa shape index (κ1) is 14.8. The third kappa shape index (κ3) is 3.06. The quantitative estimate of drug-likeness (QED) is 0.684. The van der Waals surface area contributed by atoms with Crippen molar-refractivity contribution in [2.45, 2.75) is 25.7 Å². The molecule has 0 radical (unpaired) electrons. The number of hydrogen-bond acceptors (Lipinski definition) is 8. The van der Waals surface area contributed by atoms with Crippen LogP contribution in [0.4, 0.5) is 11.4 Å². The summed E-state index contributed by atoms with van der Waals surface area (Å²) in [4.78, 5) is 2.29. The van der Waals surface area contributed by atoms with Crippen LogP contribution in [0, 0.1) is 22.7 Å². The summed E-state index contributed by atoms with van der Waals surface area (Å²) in [5.74, 6) is 0. The molecule has 0 unspecified atom stereocenters. The Morgan fingerprint density at radius 3 is 2.48 bits per heavy atom. The molecular weight excluding hydrogens is 294 g/mol. The molecule has 0 saturated carbocycles. The van der Waals surface area contributed by atoms with Gasteiger partial charge in [-0.1, -0.05) is 12.8 Å². The van der Waals surface area contributed by atoms with E-state index in [-0.39, 0.29) is 5.71 Å². The molecule has 1 aliphatic heterocycles. The average Bonchev–Trinajstić information content (AvgIpc) is 2.92. The van der Waals surface area contributed by atoms with E-state index in [9.17, 15) is 0 Å². The van der Waals surface area contributed by atoms with Crippen LogP contribution in [0.1, 0.15) is 25.7 Å². The topological polar surface area (TPSA) is 114 Å². The van der Waals surface area contributed by atoms with E-state index in [0.29, 0.717) is 16.7 Å². The molecule has 1 aromatic heterocycles. The molecule has 1 N–H and O–H groups in total. The second kappa shape index (κ2) is 6.75. The molecule has 1 aromatic carbocycles. The van der Waals surface area contributed by atoms with Gasteiger partial charge in [0.2, 0.25) is 5.71 Å². The second-order valence-electron chi connectivity index (χ2n) is 5.29. The predicted octanol–water partition coefficient (Wildman–Crippen LogP) is 2.42. The fraction of sp³-hybridized carbons (Fsp3) is 0.400. The first-order valence-corrected chi connectivity index (χ1v) is 7.47. The number of rotatable bonds is 3. The molecular formula is C15H15N7O. The summed E-state index contributed by atoms with van der Waals surface area (Å²) in [7, 11) is 0. The zero-order valence-electron chi connectivity index (χ0n) is 12.5. The zero-order chi connectivity index (χ0) is 16.1. The molecule has 1 aliphatic rings. The first-order chi connectivity index (χ1) is 11.3. The van der Waals surface area contributed by atoms with Gasteiger partial charge in [-0.05, 0) is 35.3 Å². The number of hydrazone groups is 1. The van der Waals surface area contributed by atoms with Gasteiger partial charge in [-0.2, -0.15) is 15.6 Å². The van der Waals surface area contributed by atoms with Crippen molar-refractivity contribution in [3.8, 4) is 12.1 Å². The van der Waals surface area contributed by atoms with Crippen LogP contribution in [0.3, 0.4) is 0 Å². The standard InChI is InChI=1S/C15H15N7O/c16-9-11(10-17)18-19-12-5-6-13(15-14(12)20-23-21-15)22-7-3-1-2-4-8-22/h5-6,19H,1-4,7-8H2. The molecule has 1 fully saturated rings. The van der Waals surface area contributed by atoms with Gasteiger partial charge in [-0.3, -0.25) is 5.43 Å². The smallest absolute Gasteiger partial charge is 0.237 e. The highest BCUT2D eigenvalue weighted by Gasteiger charge is 2.18. The molecule has 2 heterocycles. The Kier molecular flexibility index (Phi) is 4.34. The lowest BCUT2D eigenvalue weighted by Crippen LogP contribution is -2.24. The summed E-state index contributed by atoms with van der Waals surface area (Å²) in [5, 5.41) is 29.1. The minimum absolute atomic E-state index is 0.258. The molecule has 23 heavy (non-hydrogen) atoms. The Morgan fingerprint density at radius 2 is 1.78 bits per heavy atom. The van der Waals surface area contributed by atoms with Crippen molar-refractivity contribution in [1.82, 2.24) is 10.3 Å². The second-order valence-corrected chi connectivity index (χ2v) is 5.29. The molecule has 2 aromatic rings. The summed E-state index contributed by atoms with van der Waals surface area (Å²) in [5.41, 5.74) is 5.14. The SMILES string of the molecule is N#CC(C#N)=NNc1ccc(N2CCCCCC2)c2nonc12. The van der Waals surface area contributed by atoms with Crippen molar-refractivity contribution in [3.05, 3.63) is 12.1 Å². The van der Waals surface area contributed by atoms with Gasteiger partial charge in [-0.25, -0.2) is 4.63 Å². The lowest BCUT2D eigenvalue weighted by Gasteiger charge is -2.22. The normalized spacial score (nSPS) is 14.6. The number of nitriles is 2. The average molecular weight is 309 g/mol. The minimum atomic E-state index is -0.258. The molecule has 0 bridgehead atoms. The van der Waals surface area contributed by atoms with Crippen molar-refractivity contribution in [2.75, 3.05) is 23.4 Å². The van der Waals surface area contributed by atoms with Crippen molar-refractivity contribution in [1.29, 1.82) is 10.5 Å². The van der Waals surface area contributed by atoms with Crippen molar-refractivity contribution < 1.29 is 4.63 Å². The Balaban J connectivity index is 1.94. The third-order valence-electron chi connectivity index (χ3n) is 3.84. The minimum Gasteiger partial charge on any atom is -0.370 e. The number of nitrogens with one attached hydrogen (secondary N) is 1. The fourth-order valence-corrected chi connectivity index (χ4v) is 2.70. The highest BCUT2D eigenvalue weighted by Crippen LogP contribution is 2.31. The fourth-order valence-electron chi connectivity index (χ4n) is 2.70. The maximum Gasteiger partial charge on any atom is 0.237 e. The molecule has 116 valence electrons. The Hall–Kier alpha value is -3.13. The van der Waals surface area contributed by atoms with Crippen molar-refractivity contribution >= 4 is 28.1 Å². The van der Waals surface area contributed by atoms with Gasteiger partial charge in [0.25, 0.3) is 0 Å². The molecule has 1 saturated heterocycles. The number of fused-ring (bicyclic) bond motifs is 1. The van der Waals surface area contributed by atoms with Gasteiger partial charge < -0.3 is 4.90 Å². The lowest BCUT2D eigenvalue weighted by molar-refractivity contribution is 0.315. The highest BCUT2D eigenvalue weighted by atomic mass is 16.6. The van der Waals surface area contributed by atoms with Crippen LogP contribution in [0.15, 0.2) is 21.9 Å². The van der Waals surface area contributed by atoms with E-state index in [0.717, 1.165) is 31.6 Å². The van der Waals surface area contributed by atoms with Gasteiger partial charge in [-0.15, -0.1) is 0 Å². The van der Waals surface area contributed by atoms with Crippen molar-refractivity contribution in [3.63, 3.8) is 0 Å². The van der Waals surface area contributed by atoms with Crippen LogP contribution in [-0.2, 0) is 0 Å². The van der Waals surface area contributed by atoms with E-state index in [2.05, 4.69) is 25.7 Å². The monoisotopic (exact) mass is 309 g/mol. The van der Waals surface area contributed by atoms with E-state index in [1.165, 1.54) is 12.8 Å². The van der Waals surface area contributed by atoms with Crippen LogP contribution >= 0.6 is 0 Å². The van der Waals surface area contributed by atoms with E-state index in [1.807, 2.05) is 12.1 Å². The Bertz CT molecular complexity index is 787. The van der Waals surface area contributed by atoms with Gasteiger partial charge in [0.05, 0.1) is 11.4 Å². The maximum atomic E-state index is 8.72. The van der Waals surface area contributed by atoms with E-state index >= 15 is 0 Å². The Labute approximate surface area is 132 Å². The first-order valence-electron chi connectivity index (χ1n) is 7.47. The predicted molar refractivity (Wildman–Crippen MR) is 84.8 cm³/mol. The summed E-state index contributed by atoms with van der Waals surface area (Å²) >= 11 is 0. The van der Waals surface area contributed by atoms with Gasteiger partial charge in [0.15, 0.2) is 11.0 Å². The number of aromatic nitrogens is 2. The number of benzene rings is 1. The summed E-state index contributed by atoms with van der Waals surface area (Å²) < 4.78 is 4.88. The van der Waals surface area contributed by atoms with Crippen molar-refractivity contribution in [2.24, 2.45) is 5.10 Å². The molecule has 0 atom stereocenters. The lowest BCUT2D eigenvalue weighted by atomic mass is 10.2. The number of anilines is 2. The third-order valence-corrected chi connectivity index (χ3v) is 3.84. The number of hydrogen-bond donors (Lipinski definition) is 1. The molecule has 0 amide bonds. The molecule has 0 aliphatic carbocycles. The molecule has 0 spiro atoms. The van der Waals surface area contributed by atoms with E-state index in [1.54, 1.807) is 12.1 Å². The van der Waals surface area contributed by atoms with E-state index in [4.69, 9.17) is 15.2 Å². The maximum absolute atomic E-state index is 8.72. The summed E-state index contributed by atoms with van der Waals surface area (Å²) in [6, 6.07) is 7.13. The Morgan fingerprint density at radius 1 is 1.09 bits per heavy atom. The van der Waals surface area contributed by atoms with Gasteiger partial charge in [0, 0.05) is 13.1 Å². The highest BCUT2D eigenvalue weighted by molar-refractivity contribution is 6.10. The van der Waals surface area contributed by atoms with Gasteiger partial charge in [0.1, 0.15) is 12.1 Å². The largest absolute Gasteiger partial charge is 0.370 e. The molecule has 3 rings (SSSR count). The molecule has 8 heteroatoms. The number of nitrogens with zero attached hydrogens (tertiary/aromatic N) is 6.